The van der Waals surface area contributed by atoms with Crippen LogP contribution >= 0.6 is 11.6 Å². The normalized spacial score (nSPS) is 21.1. The highest BCUT2D eigenvalue weighted by Gasteiger charge is 2.24. The van der Waals surface area contributed by atoms with Crippen molar-refractivity contribution in [2.45, 2.75) is 25.3 Å². The summed E-state index contributed by atoms with van der Waals surface area (Å²) >= 11 is 6.12. The lowest BCUT2D eigenvalue weighted by atomic mass is 10.0. The lowest BCUT2D eigenvalue weighted by molar-refractivity contribution is 0.239. The first-order chi connectivity index (χ1) is 7.72. The van der Waals surface area contributed by atoms with Gasteiger partial charge >= 0.3 is 0 Å². The zero-order valence-electron chi connectivity index (χ0n) is 9.06. The Kier molecular flexibility index (Phi) is 3.51. The Balaban J connectivity index is 2.27. The first-order valence-electron chi connectivity index (χ1n) is 5.51. The Morgan fingerprint density at radius 1 is 1.56 bits per heavy atom. The highest BCUT2D eigenvalue weighted by molar-refractivity contribution is 6.33. The molecule has 0 bridgehead atoms. The number of aromatic nitrogens is 1. The van der Waals surface area contributed by atoms with Crippen molar-refractivity contribution in [1.29, 1.82) is 0 Å². The first kappa shape index (κ1) is 11.5. The lowest BCUT2D eigenvalue weighted by Gasteiger charge is -2.36. The van der Waals surface area contributed by atoms with E-state index in [1.54, 1.807) is 12.3 Å². The topological polar surface area (TPSA) is 62.4 Å². The molecule has 0 saturated carbocycles. The smallest absolute Gasteiger partial charge is 0.147 e. The number of nitrogen functional groups attached to an aromatic ring is 1. The maximum atomic E-state index is 9.33. The second kappa shape index (κ2) is 4.89. The standard InChI is InChI=1S/C11H16ClN3O/c12-10-5-8(13)6-14-11(10)15-4-2-1-3-9(15)7-16/h5-6,9,16H,1-4,7,13H2. The van der Waals surface area contributed by atoms with Gasteiger partial charge in [-0.1, -0.05) is 11.6 Å². The molecule has 1 aliphatic heterocycles. The summed E-state index contributed by atoms with van der Waals surface area (Å²) in [6.45, 7) is 1.03. The number of aliphatic hydroxyl groups excluding tert-OH is 1. The number of hydrogen-bond donors (Lipinski definition) is 2. The molecule has 0 amide bonds. The second-order valence-corrected chi connectivity index (χ2v) is 4.51. The van der Waals surface area contributed by atoms with Crippen molar-refractivity contribution in [1.82, 2.24) is 4.98 Å². The molecule has 0 aliphatic carbocycles. The van der Waals surface area contributed by atoms with Crippen molar-refractivity contribution in [3.63, 3.8) is 0 Å². The molecule has 1 aromatic rings. The van der Waals surface area contributed by atoms with Gasteiger partial charge in [0.25, 0.3) is 0 Å². The molecule has 0 spiro atoms. The Hall–Kier alpha value is -1.00. The Morgan fingerprint density at radius 3 is 3.06 bits per heavy atom. The average Bonchev–Trinajstić information content (AvgIpc) is 2.29. The van der Waals surface area contributed by atoms with E-state index in [-0.39, 0.29) is 12.6 Å². The zero-order chi connectivity index (χ0) is 11.5. The van der Waals surface area contributed by atoms with Gasteiger partial charge in [-0.3, -0.25) is 0 Å². The van der Waals surface area contributed by atoms with Crippen LogP contribution in [0, 0.1) is 0 Å². The largest absolute Gasteiger partial charge is 0.397 e. The van der Waals surface area contributed by atoms with E-state index in [9.17, 15) is 5.11 Å². The van der Waals surface area contributed by atoms with Crippen LogP contribution in [0.4, 0.5) is 11.5 Å². The predicted molar refractivity (Wildman–Crippen MR) is 65.7 cm³/mol. The van der Waals surface area contributed by atoms with Gasteiger partial charge in [-0.2, -0.15) is 0 Å². The number of rotatable bonds is 2. The zero-order valence-corrected chi connectivity index (χ0v) is 9.82. The highest BCUT2D eigenvalue weighted by Crippen LogP contribution is 2.30. The van der Waals surface area contributed by atoms with Crippen molar-refractivity contribution in [3.8, 4) is 0 Å². The number of piperidine rings is 1. The molecule has 1 unspecified atom stereocenters. The molecule has 1 aliphatic rings. The minimum atomic E-state index is 0.127. The molecule has 4 nitrogen and oxygen atoms in total. The van der Waals surface area contributed by atoms with Crippen LogP contribution in [0.5, 0.6) is 0 Å². The summed E-state index contributed by atoms with van der Waals surface area (Å²) < 4.78 is 0. The van der Waals surface area contributed by atoms with E-state index in [2.05, 4.69) is 9.88 Å². The van der Waals surface area contributed by atoms with Gasteiger partial charge in [0.1, 0.15) is 5.82 Å². The second-order valence-electron chi connectivity index (χ2n) is 4.10. The SMILES string of the molecule is Nc1cnc(N2CCCCC2CO)c(Cl)c1. The van der Waals surface area contributed by atoms with E-state index in [0.717, 1.165) is 31.6 Å². The van der Waals surface area contributed by atoms with E-state index in [1.807, 2.05) is 0 Å². The van der Waals surface area contributed by atoms with Crippen LogP contribution in [-0.2, 0) is 0 Å². The number of nitrogens with zero attached hydrogens (tertiary/aromatic N) is 2. The minimum absolute atomic E-state index is 0.127. The van der Waals surface area contributed by atoms with Crippen molar-refractivity contribution in [2.24, 2.45) is 0 Å². The number of anilines is 2. The Morgan fingerprint density at radius 2 is 2.38 bits per heavy atom. The van der Waals surface area contributed by atoms with Gasteiger partial charge in [-0.25, -0.2) is 4.98 Å². The quantitative estimate of drug-likeness (QED) is 0.827. The number of pyridine rings is 1. The molecule has 1 saturated heterocycles. The minimum Gasteiger partial charge on any atom is -0.397 e. The molecule has 1 fully saturated rings. The molecule has 88 valence electrons. The molecular formula is C11H16ClN3O. The van der Waals surface area contributed by atoms with E-state index in [0.29, 0.717) is 10.7 Å². The van der Waals surface area contributed by atoms with Crippen LogP contribution in [0.3, 0.4) is 0 Å². The average molecular weight is 242 g/mol. The van der Waals surface area contributed by atoms with E-state index in [4.69, 9.17) is 17.3 Å². The molecule has 3 N–H and O–H groups in total. The van der Waals surface area contributed by atoms with Crippen molar-refractivity contribution >= 4 is 23.1 Å². The Labute approximate surface area is 100 Å². The van der Waals surface area contributed by atoms with Gasteiger partial charge in [0.05, 0.1) is 29.6 Å². The number of halogens is 1. The lowest BCUT2D eigenvalue weighted by Crippen LogP contribution is -2.42. The molecule has 1 atom stereocenters. The van der Waals surface area contributed by atoms with Crippen LogP contribution in [0.15, 0.2) is 12.3 Å². The maximum absolute atomic E-state index is 9.33. The van der Waals surface area contributed by atoms with Crippen LogP contribution in [-0.4, -0.2) is 29.3 Å². The third-order valence-corrected chi connectivity index (χ3v) is 3.23. The molecule has 1 aromatic heterocycles. The number of hydrogen-bond acceptors (Lipinski definition) is 4. The summed E-state index contributed by atoms with van der Waals surface area (Å²) in [5.41, 5.74) is 6.17. The van der Waals surface area contributed by atoms with Gasteiger partial charge in [0.2, 0.25) is 0 Å². The van der Waals surface area contributed by atoms with Gasteiger partial charge < -0.3 is 15.7 Å². The number of nitrogens with two attached hydrogens (primary N) is 1. The predicted octanol–water partition coefficient (Wildman–Crippen LogP) is 1.67. The molecular weight excluding hydrogens is 226 g/mol. The summed E-state index contributed by atoms with van der Waals surface area (Å²) in [4.78, 5) is 6.33. The van der Waals surface area contributed by atoms with Crippen LogP contribution in [0.25, 0.3) is 0 Å². The third-order valence-electron chi connectivity index (χ3n) is 2.95. The number of aliphatic hydroxyl groups is 1. The third kappa shape index (κ3) is 2.23. The molecule has 0 aromatic carbocycles. The summed E-state index contributed by atoms with van der Waals surface area (Å²) in [5, 5.41) is 9.89. The first-order valence-corrected chi connectivity index (χ1v) is 5.88. The summed E-state index contributed by atoms with van der Waals surface area (Å²) in [7, 11) is 0. The van der Waals surface area contributed by atoms with Gasteiger partial charge in [-0.15, -0.1) is 0 Å². The van der Waals surface area contributed by atoms with Crippen molar-refractivity contribution < 1.29 is 5.11 Å². The van der Waals surface area contributed by atoms with E-state index < -0.39 is 0 Å². The molecule has 2 rings (SSSR count). The van der Waals surface area contributed by atoms with Crippen LogP contribution in [0.1, 0.15) is 19.3 Å². The maximum Gasteiger partial charge on any atom is 0.147 e. The summed E-state index contributed by atoms with van der Waals surface area (Å²) in [6.07, 6.45) is 4.84. The fourth-order valence-electron chi connectivity index (χ4n) is 2.13. The van der Waals surface area contributed by atoms with Gasteiger partial charge in [-0.05, 0) is 25.3 Å². The van der Waals surface area contributed by atoms with Gasteiger partial charge in [0, 0.05) is 6.54 Å². The van der Waals surface area contributed by atoms with E-state index >= 15 is 0 Å². The van der Waals surface area contributed by atoms with E-state index in [1.165, 1.54) is 0 Å². The van der Waals surface area contributed by atoms with Crippen LogP contribution < -0.4 is 10.6 Å². The van der Waals surface area contributed by atoms with Crippen LogP contribution in [0.2, 0.25) is 5.02 Å². The van der Waals surface area contributed by atoms with Crippen molar-refractivity contribution in [2.75, 3.05) is 23.8 Å². The molecule has 2 heterocycles. The summed E-state index contributed by atoms with van der Waals surface area (Å²) in [5.74, 6) is 0.731. The fraction of sp³-hybridized carbons (Fsp3) is 0.545. The van der Waals surface area contributed by atoms with Crippen molar-refractivity contribution in [3.05, 3.63) is 17.3 Å². The monoisotopic (exact) mass is 241 g/mol. The molecule has 5 heteroatoms. The fourth-order valence-corrected chi connectivity index (χ4v) is 2.41. The highest BCUT2D eigenvalue weighted by atomic mass is 35.5. The Bertz CT molecular complexity index is 372. The summed E-state index contributed by atoms with van der Waals surface area (Å²) in [6, 6.07) is 1.83. The van der Waals surface area contributed by atoms with Gasteiger partial charge in [0.15, 0.2) is 0 Å². The molecule has 16 heavy (non-hydrogen) atoms. The molecule has 0 radical (unpaired) electrons.